The van der Waals surface area contributed by atoms with Crippen LogP contribution in [-0.2, 0) is 4.79 Å². The number of aromatic carboxylic acids is 1. The number of carbonyl (C=O) groups is 2. The first-order valence-corrected chi connectivity index (χ1v) is 5.73. The summed E-state index contributed by atoms with van der Waals surface area (Å²) in [6, 6.07) is 0. The third kappa shape index (κ3) is 2.02. The molecule has 80 valence electrons. The van der Waals surface area contributed by atoms with Gasteiger partial charge in [-0.1, -0.05) is 6.42 Å². The Labute approximate surface area is 90.9 Å². The van der Waals surface area contributed by atoms with Crippen LogP contribution in [0.2, 0.25) is 0 Å². The van der Waals surface area contributed by atoms with Crippen molar-refractivity contribution in [2.24, 2.45) is 5.92 Å². The van der Waals surface area contributed by atoms with Crippen molar-refractivity contribution in [1.82, 2.24) is 0 Å². The number of carboxylic acids is 1. The number of rotatable bonds is 3. The highest BCUT2D eigenvalue weighted by Crippen LogP contribution is 2.29. The Bertz CT molecular complexity index is 395. The Morgan fingerprint density at radius 1 is 1.40 bits per heavy atom. The van der Waals surface area contributed by atoms with Crippen LogP contribution >= 0.6 is 11.3 Å². The number of nitrogens with one attached hydrogen (secondary N) is 1. The van der Waals surface area contributed by atoms with E-state index in [1.54, 1.807) is 5.38 Å². The summed E-state index contributed by atoms with van der Waals surface area (Å²) in [4.78, 5) is 22.3. The van der Waals surface area contributed by atoms with Crippen molar-refractivity contribution in [3.05, 3.63) is 16.3 Å². The summed E-state index contributed by atoms with van der Waals surface area (Å²) in [6.45, 7) is 0. The monoisotopic (exact) mass is 225 g/mol. The third-order valence-corrected chi connectivity index (χ3v) is 3.37. The molecular weight excluding hydrogens is 214 g/mol. The van der Waals surface area contributed by atoms with Crippen molar-refractivity contribution in [2.45, 2.75) is 19.3 Å². The number of amides is 1. The van der Waals surface area contributed by atoms with Crippen LogP contribution in [0.15, 0.2) is 10.8 Å². The highest BCUT2D eigenvalue weighted by molar-refractivity contribution is 7.08. The Morgan fingerprint density at radius 2 is 2.13 bits per heavy atom. The molecule has 0 atom stereocenters. The number of hydrogen-bond donors (Lipinski definition) is 2. The molecule has 15 heavy (non-hydrogen) atoms. The third-order valence-electron chi connectivity index (χ3n) is 2.63. The van der Waals surface area contributed by atoms with E-state index in [4.69, 9.17) is 5.11 Å². The lowest BCUT2D eigenvalue weighted by molar-refractivity contribution is -0.122. The first-order chi connectivity index (χ1) is 7.18. The van der Waals surface area contributed by atoms with Crippen molar-refractivity contribution in [3.8, 4) is 0 Å². The van der Waals surface area contributed by atoms with E-state index in [2.05, 4.69) is 5.32 Å². The fourth-order valence-electron chi connectivity index (χ4n) is 1.46. The number of anilines is 1. The average molecular weight is 225 g/mol. The van der Waals surface area contributed by atoms with E-state index in [1.807, 2.05) is 0 Å². The number of carbonyl (C=O) groups excluding carboxylic acids is 1. The lowest BCUT2D eigenvalue weighted by Gasteiger charge is -2.23. The van der Waals surface area contributed by atoms with Gasteiger partial charge in [-0.05, 0) is 12.8 Å². The Morgan fingerprint density at radius 3 is 2.67 bits per heavy atom. The zero-order valence-electron chi connectivity index (χ0n) is 8.03. The van der Waals surface area contributed by atoms with Gasteiger partial charge >= 0.3 is 5.97 Å². The summed E-state index contributed by atoms with van der Waals surface area (Å²) in [5.41, 5.74) is 0.595. The minimum atomic E-state index is -1.000. The molecule has 5 heteroatoms. The van der Waals surface area contributed by atoms with Gasteiger partial charge in [-0.3, -0.25) is 4.79 Å². The minimum absolute atomic E-state index is 0.0536. The molecule has 2 rings (SSSR count). The second kappa shape index (κ2) is 4.02. The van der Waals surface area contributed by atoms with Crippen LogP contribution in [-0.4, -0.2) is 17.0 Å². The minimum Gasteiger partial charge on any atom is -0.478 e. The second-order valence-electron chi connectivity index (χ2n) is 3.62. The van der Waals surface area contributed by atoms with Crippen molar-refractivity contribution in [2.75, 3.05) is 5.32 Å². The van der Waals surface area contributed by atoms with E-state index >= 15 is 0 Å². The van der Waals surface area contributed by atoms with E-state index in [0.29, 0.717) is 5.69 Å². The molecule has 0 radical (unpaired) electrons. The molecule has 1 aliphatic carbocycles. The maximum Gasteiger partial charge on any atom is 0.338 e. The van der Waals surface area contributed by atoms with Crippen LogP contribution in [0.5, 0.6) is 0 Å². The quantitative estimate of drug-likeness (QED) is 0.828. The molecule has 4 nitrogen and oxygen atoms in total. The normalized spacial score (nSPS) is 15.7. The van der Waals surface area contributed by atoms with E-state index in [1.165, 1.54) is 16.7 Å². The van der Waals surface area contributed by atoms with Gasteiger partial charge in [0.2, 0.25) is 5.91 Å². The second-order valence-corrected chi connectivity index (χ2v) is 4.36. The molecule has 1 aliphatic rings. The summed E-state index contributed by atoms with van der Waals surface area (Å²) < 4.78 is 0. The van der Waals surface area contributed by atoms with Gasteiger partial charge in [0.25, 0.3) is 0 Å². The van der Waals surface area contributed by atoms with Gasteiger partial charge in [0.05, 0.1) is 11.3 Å². The van der Waals surface area contributed by atoms with Crippen molar-refractivity contribution < 1.29 is 14.7 Å². The maximum absolute atomic E-state index is 11.6. The van der Waals surface area contributed by atoms with Crippen molar-refractivity contribution in [1.29, 1.82) is 0 Å². The molecule has 1 saturated carbocycles. The fraction of sp³-hybridized carbons (Fsp3) is 0.400. The van der Waals surface area contributed by atoms with Crippen LogP contribution < -0.4 is 5.32 Å². The number of thiophene rings is 1. The zero-order chi connectivity index (χ0) is 10.8. The molecule has 0 bridgehead atoms. The van der Waals surface area contributed by atoms with E-state index in [9.17, 15) is 9.59 Å². The first-order valence-electron chi connectivity index (χ1n) is 4.79. The summed E-state index contributed by atoms with van der Waals surface area (Å²) in [6.07, 6.45) is 2.92. The van der Waals surface area contributed by atoms with E-state index in [-0.39, 0.29) is 17.4 Å². The number of hydrogen-bond acceptors (Lipinski definition) is 3. The molecule has 0 aromatic carbocycles. The van der Waals surface area contributed by atoms with Gasteiger partial charge in [0, 0.05) is 16.7 Å². The molecule has 0 unspecified atom stereocenters. The molecule has 1 heterocycles. The maximum atomic E-state index is 11.6. The SMILES string of the molecule is O=C(O)c1cscc1NC(=O)C1CCC1. The number of carboxylic acid groups (broad SMARTS) is 1. The lowest BCUT2D eigenvalue weighted by Crippen LogP contribution is -2.28. The Kier molecular flexibility index (Phi) is 2.73. The average Bonchev–Trinajstić information content (AvgIpc) is 2.48. The van der Waals surface area contributed by atoms with Gasteiger partial charge in [-0.15, -0.1) is 11.3 Å². The Hall–Kier alpha value is -1.36. The molecule has 1 amide bonds. The molecule has 1 fully saturated rings. The molecule has 0 aliphatic heterocycles. The zero-order valence-corrected chi connectivity index (χ0v) is 8.84. The molecular formula is C10H11NO3S. The predicted molar refractivity (Wildman–Crippen MR) is 57.2 cm³/mol. The summed E-state index contributed by atoms with van der Waals surface area (Å²) in [5.74, 6) is -0.978. The highest BCUT2D eigenvalue weighted by Gasteiger charge is 2.26. The van der Waals surface area contributed by atoms with Crippen LogP contribution in [0.1, 0.15) is 29.6 Å². The van der Waals surface area contributed by atoms with Crippen LogP contribution in [0.3, 0.4) is 0 Å². The first kappa shape index (κ1) is 10.2. The molecule has 2 N–H and O–H groups in total. The van der Waals surface area contributed by atoms with Crippen molar-refractivity contribution >= 4 is 28.9 Å². The summed E-state index contributed by atoms with van der Waals surface area (Å²) in [7, 11) is 0. The van der Waals surface area contributed by atoms with Crippen LogP contribution in [0.4, 0.5) is 5.69 Å². The van der Waals surface area contributed by atoms with Gasteiger partial charge in [-0.25, -0.2) is 4.79 Å². The summed E-state index contributed by atoms with van der Waals surface area (Å²) >= 11 is 1.28. The van der Waals surface area contributed by atoms with Crippen LogP contribution in [0, 0.1) is 5.92 Å². The molecule has 1 aromatic heterocycles. The topological polar surface area (TPSA) is 66.4 Å². The predicted octanol–water partition coefficient (Wildman–Crippen LogP) is 2.18. The van der Waals surface area contributed by atoms with Gasteiger partial charge in [-0.2, -0.15) is 0 Å². The smallest absolute Gasteiger partial charge is 0.338 e. The molecule has 1 aromatic rings. The van der Waals surface area contributed by atoms with Crippen LogP contribution in [0.25, 0.3) is 0 Å². The highest BCUT2D eigenvalue weighted by atomic mass is 32.1. The molecule has 0 spiro atoms. The lowest BCUT2D eigenvalue weighted by atomic mass is 9.85. The van der Waals surface area contributed by atoms with Gasteiger partial charge in [0.1, 0.15) is 0 Å². The standard InChI is InChI=1S/C10H11NO3S/c12-9(6-2-1-3-6)11-8-5-15-4-7(8)10(13)14/h4-6H,1-3H2,(H,11,12)(H,13,14). The van der Waals surface area contributed by atoms with E-state index < -0.39 is 5.97 Å². The van der Waals surface area contributed by atoms with Gasteiger partial charge in [0.15, 0.2) is 0 Å². The Balaban J connectivity index is 2.06. The van der Waals surface area contributed by atoms with Gasteiger partial charge < -0.3 is 10.4 Å². The molecule has 0 saturated heterocycles. The van der Waals surface area contributed by atoms with E-state index in [0.717, 1.165) is 19.3 Å². The largest absolute Gasteiger partial charge is 0.478 e. The fourth-order valence-corrected chi connectivity index (χ4v) is 2.22. The van der Waals surface area contributed by atoms with Crippen molar-refractivity contribution in [3.63, 3.8) is 0 Å². The summed E-state index contributed by atoms with van der Waals surface area (Å²) in [5, 5.41) is 14.7.